The molecule has 72 valence electrons. The summed E-state index contributed by atoms with van der Waals surface area (Å²) in [4.78, 5) is 10.8. The molecule has 1 unspecified atom stereocenters. The van der Waals surface area contributed by atoms with E-state index in [2.05, 4.69) is 15.5 Å². The Bertz CT molecular complexity index is 306. The number of nitrogens with one attached hydrogen (secondary N) is 2. The van der Waals surface area contributed by atoms with Gasteiger partial charge in [0, 0.05) is 12.1 Å². The Hall–Kier alpha value is -1.36. The van der Waals surface area contributed by atoms with Crippen LogP contribution in [-0.4, -0.2) is 28.0 Å². The molecule has 3 N–H and O–H groups in total. The lowest BCUT2D eigenvalue weighted by Gasteiger charge is -2.14. The minimum Gasteiger partial charge on any atom is -0.394 e. The molecule has 0 fully saturated rings. The van der Waals surface area contributed by atoms with Gasteiger partial charge in [-0.3, -0.25) is 4.79 Å². The summed E-state index contributed by atoms with van der Waals surface area (Å²) in [7, 11) is 0. The van der Waals surface area contributed by atoms with Gasteiger partial charge in [-0.2, -0.15) is 5.10 Å². The molecule has 1 aromatic rings. The van der Waals surface area contributed by atoms with Crippen LogP contribution in [-0.2, 0) is 0 Å². The molecule has 0 amide bonds. The molecule has 13 heavy (non-hydrogen) atoms. The summed E-state index contributed by atoms with van der Waals surface area (Å²) in [5.74, 6) is 0. The van der Waals surface area contributed by atoms with Crippen LogP contribution in [0.2, 0.25) is 0 Å². The van der Waals surface area contributed by atoms with Crippen molar-refractivity contribution in [2.45, 2.75) is 19.4 Å². The molecule has 5 nitrogen and oxygen atoms in total. The van der Waals surface area contributed by atoms with E-state index in [4.69, 9.17) is 5.11 Å². The van der Waals surface area contributed by atoms with E-state index in [1.807, 2.05) is 6.92 Å². The molecule has 0 bridgehead atoms. The quantitative estimate of drug-likeness (QED) is 0.611. The molecule has 0 saturated carbocycles. The number of H-pyrrole nitrogens is 1. The first-order valence-corrected chi connectivity index (χ1v) is 4.18. The Balaban J connectivity index is 2.68. The second-order valence-corrected chi connectivity index (χ2v) is 2.77. The summed E-state index contributed by atoms with van der Waals surface area (Å²) in [6, 6.07) is 1.38. The average Bonchev–Trinajstić information content (AvgIpc) is 2.14. The van der Waals surface area contributed by atoms with Gasteiger partial charge in [-0.15, -0.1) is 0 Å². The van der Waals surface area contributed by atoms with Gasteiger partial charge in [-0.05, 0) is 6.42 Å². The number of aromatic amines is 1. The molecule has 0 aliphatic rings. The van der Waals surface area contributed by atoms with Crippen molar-refractivity contribution in [2.24, 2.45) is 0 Å². The smallest absolute Gasteiger partial charge is 0.266 e. The van der Waals surface area contributed by atoms with E-state index < -0.39 is 0 Å². The Morgan fingerprint density at radius 3 is 3.08 bits per heavy atom. The van der Waals surface area contributed by atoms with Gasteiger partial charge < -0.3 is 10.4 Å². The highest BCUT2D eigenvalue weighted by Crippen LogP contribution is 2.03. The predicted octanol–water partition coefficient (Wildman–Crippen LogP) is -0.0473. The van der Waals surface area contributed by atoms with Crippen molar-refractivity contribution >= 4 is 5.69 Å². The topological polar surface area (TPSA) is 78.0 Å². The molecule has 0 saturated heterocycles. The minimum absolute atomic E-state index is 0.0244. The van der Waals surface area contributed by atoms with Gasteiger partial charge in [0.25, 0.3) is 5.56 Å². The molecule has 1 rings (SSSR count). The van der Waals surface area contributed by atoms with E-state index in [1.54, 1.807) is 0 Å². The summed E-state index contributed by atoms with van der Waals surface area (Å²) < 4.78 is 0. The van der Waals surface area contributed by atoms with Gasteiger partial charge >= 0.3 is 0 Å². The van der Waals surface area contributed by atoms with E-state index in [0.717, 1.165) is 6.42 Å². The number of hydrogen-bond acceptors (Lipinski definition) is 4. The largest absolute Gasteiger partial charge is 0.394 e. The number of hydrogen-bond donors (Lipinski definition) is 3. The van der Waals surface area contributed by atoms with Crippen LogP contribution in [0, 0.1) is 0 Å². The third-order valence-electron chi connectivity index (χ3n) is 1.75. The van der Waals surface area contributed by atoms with Crippen LogP contribution in [0.3, 0.4) is 0 Å². The first kappa shape index (κ1) is 9.73. The highest BCUT2D eigenvalue weighted by Gasteiger charge is 2.03. The Labute approximate surface area is 75.8 Å². The average molecular weight is 183 g/mol. The van der Waals surface area contributed by atoms with Crippen LogP contribution >= 0.6 is 0 Å². The maximum Gasteiger partial charge on any atom is 0.266 e. The predicted molar refractivity (Wildman–Crippen MR) is 49.6 cm³/mol. The highest BCUT2D eigenvalue weighted by molar-refractivity contribution is 5.39. The fraction of sp³-hybridized carbons (Fsp3) is 0.500. The number of nitrogens with zero attached hydrogens (tertiary/aromatic N) is 1. The molecule has 0 radical (unpaired) electrons. The summed E-state index contributed by atoms with van der Waals surface area (Å²) in [5, 5.41) is 17.8. The van der Waals surface area contributed by atoms with Crippen molar-refractivity contribution < 1.29 is 5.11 Å². The number of rotatable bonds is 4. The first-order valence-electron chi connectivity index (χ1n) is 4.18. The Morgan fingerprint density at radius 2 is 2.54 bits per heavy atom. The van der Waals surface area contributed by atoms with Crippen molar-refractivity contribution in [3.8, 4) is 0 Å². The molecular formula is C8H13N3O2. The molecule has 1 heterocycles. The lowest BCUT2D eigenvalue weighted by molar-refractivity contribution is 0.272. The molecule has 0 spiro atoms. The monoisotopic (exact) mass is 183 g/mol. The van der Waals surface area contributed by atoms with E-state index in [1.165, 1.54) is 12.3 Å². The van der Waals surface area contributed by atoms with Gasteiger partial charge in [-0.25, -0.2) is 5.10 Å². The molecular weight excluding hydrogens is 170 g/mol. The number of aliphatic hydroxyl groups is 1. The Morgan fingerprint density at radius 1 is 1.77 bits per heavy atom. The van der Waals surface area contributed by atoms with E-state index in [-0.39, 0.29) is 18.2 Å². The lowest BCUT2D eigenvalue weighted by atomic mass is 10.2. The van der Waals surface area contributed by atoms with Gasteiger partial charge in [0.1, 0.15) is 0 Å². The second-order valence-electron chi connectivity index (χ2n) is 2.77. The van der Waals surface area contributed by atoms with Crippen molar-refractivity contribution in [3.05, 3.63) is 22.6 Å². The minimum atomic E-state index is -0.252. The van der Waals surface area contributed by atoms with Crippen LogP contribution in [0.15, 0.2) is 17.1 Å². The van der Waals surface area contributed by atoms with Crippen LogP contribution in [0.1, 0.15) is 13.3 Å². The van der Waals surface area contributed by atoms with E-state index >= 15 is 0 Å². The van der Waals surface area contributed by atoms with Crippen LogP contribution in [0.5, 0.6) is 0 Å². The van der Waals surface area contributed by atoms with Crippen LogP contribution < -0.4 is 10.9 Å². The summed E-state index contributed by atoms with van der Waals surface area (Å²) in [5.41, 5.74) is 0.377. The van der Waals surface area contributed by atoms with Crippen molar-refractivity contribution in [1.82, 2.24) is 10.2 Å². The van der Waals surface area contributed by atoms with Gasteiger partial charge in [0.2, 0.25) is 0 Å². The third-order valence-corrected chi connectivity index (χ3v) is 1.75. The van der Waals surface area contributed by atoms with E-state index in [9.17, 15) is 4.79 Å². The molecule has 5 heteroatoms. The molecule has 1 atom stereocenters. The molecule has 0 aliphatic heterocycles. The highest BCUT2D eigenvalue weighted by atomic mass is 16.3. The van der Waals surface area contributed by atoms with Crippen LogP contribution in [0.25, 0.3) is 0 Å². The normalized spacial score (nSPS) is 12.5. The third kappa shape index (κ3) is 2.87. The zero-order chi connectivity index (χ0) is 9.68. The van der Waals surface area contributed by atoms with Crippen molar-refractivity contribution in [2.75, 3.05) is 11.9 Å². The maximum absolute atomic E-state index is 10.8. The molecule has 0 aromatic carbocycles. The summed E-state index contributed by atoms with van der Waals surface area (Å²) in [6.45, 7) is 2.00. The van der Waals surface area contributed by atoms with Crippen molar-refractivity contribution in [3.63, 3.8) is 0 Å². The van der Waals surface area contributed by atoms with Gasteiger partial charge in [-0.1, -0.05) is 6.92 Å². The van der Waals surface area contributed by atoms with Gasteiger partial charge in [0.05, 0.1) is 18.5 Å². The first-order chi connectivity index (χ1) is 6.26. The summed E-state index contributed by atoms with van der Waals surface area (Å²) >= 11 is 0. The van der Waals surface area contributed by atoms with Gasteiger partial charge in [0.15, 0.2) is 0 Å². The number of aliphatic hydroxyl groups excluding tert-OH is 1. The fourth-order valence-corrected chi connectivity index (χ4v) is 0.968. The molecule has 1 aromatic heterocycles. The lowest BCUT2D eigenvalue weighted by Crippen LogP contribution is -2.23. The maximum atomic E-state index is 10.8. The zero-order valence-electron chi connectivity index (χ0n) is 7.45. The number of anilines is 1. The van der Waals surface area contributed by atoms with E-state index in [0.29, 0.717) is 5.69 Å². The SMILES string of the molecule is CCC(CO)Nc1cn[nH]c(=O)c1. The summed E-state index contributed by atoms with van der Waals surface area (Å²) in [6.07, 6.45) is 2.31. The standard InChI is InChI=1S/C8H13N3O2/c1-2-6(5-12)10-7-3-8(13)11-9-4-7/h3-4,6,12H,2,5H2,1H3,(H2,10,11,13). The Kier molecular flexibility index (Phi) is 3.45. The van der Waals surface area contributed by atoms with Crippen LogP contribution in [0.4, 0.5) is 5.69 Å². The van der Waals surface area contributed by atoms with Crippen molar-refractivity contribution in [1.29, 1.82) is 0 Å². The molecule has 0 aliphatic carbocycles. The second kappa shape index (κ2) is 4.61. The fourth-order valence-electron chi connectivity index (χ4n) is 0.968. The zero-order valence-corrected chi connectivity index (χ0v) is 7.45. The number of aromatic nitrogens is 2.